The summed E-state index contributed by atoms with van der Waals surface area (Å²) >= 11 is 1.40. The van der Waals surface area contributed by atoms with Gasteiger partial charge in [-0.25, -0.2) is 13.4 Å². The number of carbonyl (C=O) groups is 1. The van der Waals surface area contributed by atoms with Crippen molar-refractivity contribution in [3.8, 4) is 11.6 Å². The van der Waals surface area contributed by atoms with Gasteiger partial charge in [-0.1, -0.05) is 30.3 Å². The van der Waals surface area contributed by atoms with E-state index in [0.717, 1.165) is 10.5 Å². The molecule has 4 aromatic rings. The van der Waals surface area contributed by atoms with Gasteiger partial charge in [-0.05, 0) is 48.0 Å². The fraction of sp³-hybridized carbons (Fsp3) is 0.115. The van der Waals surface area contributed by atoms with Crippen molar-refractivity contribution in [2.24, 2.45) is 0 Å². The molecule has 1 N–H and O–H groups in total. The highest BCUT2D eigenvalue weighted by Gasteiger charge is 2.15. The summed E-state index contributed by atoms with van der Waals surface area (Å²) in [4.78, 5) is 21.7. The third kappa shape index (κ3) is 6.91. The van der Waals surface area contributed by atoms with Crippen LogP contribution in [0.15, 0.2) is 107 Å². The zero-order chi connectivity index (χ0) is 24.5. The Labute approximate surface area is 208 Å². The van der Waals surface area contributed by atoms with Crippen LogP contribution in [0.4, 0.5) is 0 Å². The molecule has 0 radical (unpaired) electrons. The van der Waals surface area contributed by atoms with Crippen LogP contribution < -0.4 is 10.1 Å². The van der Waals surface area contributed by atoms with Crippen LogP contribution in [0.1, 0.15) is 15.9 Å². The van der Waals surface area contributed by atoms with Crippen molar-refractivity contribution in [1.82, 2.24) is 15.3 Å². The normalized spacial score (nSPS) is 11.1. The molecular weight excluding hydrogens is 482 g/mol. The van der Waals surface area contributed by atoms with Crippen LogP contribution >= 0.6 is 11.8 Å². The van der Waals surface area contributed by atoms with Gasteiger partial charge in [0, 0.05) is 41.8 Å². The molecule has 7 nitrogen and oxygen atoms in total. The lowest BCUT2D eigenvalue weighted by molar-refractivity contribution is 0.0950. The van der Waals surface area contributed by atoms with Crippen molar-refractivity contribution in [2.75, 3.05) is 11.5 Å². The second kappa shape index (κ2) is 11.6. The molecule has 0 saturated carbocycles. The topological polar surface area (TPSA) is 98.2 Å². The fourth-order valence-electron chi connectivity index (χ4n) is 3.19. The minimum Gasteiger partial charge on any atom is -0.439 e. The highest BCUT2D eigenvalue weighted by Crippen LogP contribution is 2.30. The predicted octanol–water partition coefficient (Wildman–Crippen LogP) is 4.76. The molecule has 35 heavy (non-hydrogen) atoms. The monoisotopic (exact) mass is 505 g/mol. The van der Waals surface area contributed by atoms with Crippen LogP contribution in [-0.2, 0) is 16.4 Å². The first-order valence-corrected chi connectivity index (χ1v) is 13.5. The fourth-order valence-corrected chi connectivity index (χ4v) is 5.95. The molecule has 0 aliphatic carbocycles. The number of aromatic nitrogens is 2. The Bertz CT molecular complexity index is 1370. The third-order valence-electron chi connectivity index (χ3n) is 4.97. The number of carbonyl (C=O) groups excluding carboxylic acids is 1. The Hall–Kier alpha value is -3.69. The number of rotatable bonds is 10. The lowest BCUT2D eigenvalue weighted by Gasteiger charge is -2.13. The van der Waals surface area contributed by atoms with E-state index in [1.54, 1.807) is 73.1 Å². The van der Waals surface area contributed by atoms with Gasteiger partial charge < -0.3 is 10.1 Å². The summed E-state index contributed by atoms with van der Waals surface area (Å²) in [5.74, 6) is 1.10. The maximum Gasteiger partial charge on any atom is 0.253 e. The Morgan fingerprint density at radius 3 is 2.51 bits per heavy atom. The summed E-state index contributed by atoms with van der Waals surface area (Å²) in [5.41, 5.74) is 1.31. The van der Waals surface area contributed by atoms with Crippen LogP contribution in [0.5, 0.6) is 11.6 Å². The second-order valence-corrected chi connectivity index (χ2v) is 10.7. The van der Waals surface area contributed by atoms with Crippen molar-refractivity contribution in [3.05, 3.63) is 109 Å². The smallest absolute Gasteiger partial charge is 0.253 e. The second-order valence-electron chi connectivity index (χ2n) is 7.44. The number of ether oxygens (including phenoxy) is 1. The molecule has 0 unspecified atom stereocenters. The van der Waals surface area contributed by atoms with Gasteiger partial charge in [0.15, 0.2) is 9.84 Å². The van der Waals surface area contributed by atoms with Crippen LogP contribution in [-0.4, -0.2) is 35.8 Å². The lowest BCUT2D eigenvalue weighted by Crippen LogP contribution is -2.23. The zero-order valence-corrected chi connectivity index (χ0v) is 20.3. The molecule has 178 valence electrons. The number of nitrogens with one attached hydrogen (secondary N) is 1. The molecule has 0 aliphatic heterocycles. The highest BCUT2D eigenvalue weighted by molar-refractivity contribution is 8.00. The number of sulfone groups is 1. The number of hydrogen-bond acceptors (Lipinski definition) is 7. The number of nitrogens with zero attached hydrogens (tertiary/aromatic N) is 2. The van der Waals surface area contributed by atoms with Crippen molar-refractivity contribution >= 4 is 27.5 Å². The number of thioether (sulfide) groups is 1. The standard InChI is InChI=1S/C26H23N3O4S2/c30-26(21-7-6-13-27-18-21)29-19-20-11-12-22(33-25-10-4-5-14-28-25)17-24(20)34-15-16-35(31,32)23-8-2-1-3-9-23/h1-14,17-18H,15-16,19H2,(H,29,30). The molecule has 0 bridgehead atoms. The van der Waals surface area contributed by atoms with E-state index in [0.29, 0.717) is 27.8 Å². The van der Waals surface area contributed by atoms with Crippen LogP contribution in [0.25, 0.3) is 0 Å². The minimum atomic E-state index is -3.40. The summed E-state index contributed by atoms with van der Waals surface area (Å²) < 4.78 is 31.2. The Balaban J connectivity index is 1.49. The first kappa shape index (κ1) is 24.4. The highest BCUT2D eigenvalue weighted by atomic mass is 32.2. The van der Waals surface area contributed by atoms with Gasteiger partial charge in [-0.15, -0.1) is 11.8 Å². The molecular formula is C26H23N3O4S2. The molecule has 2 aromatic heterocycles. The van der Waals surface area contributed by atoms with Gasteiger partial charge in [-0.2, -0.15) is 0 Å². The molecule has 4 rings (SSSR count). The maximum absolute atomic E-state index is 12.7. The largest absolute Gasteiger partial charge is 0.439 e. The van der Waals surface area contributed by atoms with E-state index in [1.165, 1.54) is 18.0 Å². The third-order valence-corrected chi connectivity index (χ3v) is 8.06. The van der Waals surface area contributed by atoms with Crippen LogP contribution in [0.3, 0.4) is 0 Å². The quantitative estimate of drug-likeness (QED) is 0.310. The Morgan fingerprint density at radius 2 is 1.77 bits per heavy atom. The van der Waals surface area contributed by atoms with Crippen LogP contribution in [0, 0.1) is 0 Å². The predicted molar refractivity (Wildman–Crippen MR) is 135 cm³/mol. The Morgan fingerprint density at radius 1 is 0.943 bits per heavy atom. The van der Waals surface area contributed by atoms with E-state index in [1.807, 2.05) is 18.2 Å². The summed E-state index contributed by atoms with van der Waals surface area (Å²) in [5, 5.41) is 2.89. The summed E-state index contributed by atoms with van der Waals surface area (Å²) in [6.07, 6.45) is 4.75. The van der Waals surface area contributed by atoms with Crippen LogP contribution in [0.2, 0.25) is 0 Å². The van der Waals surface area contributed by atoms with Gasteiger partial charge >= 0.3 is 0 Å². The average Bonchev–Trinajstić information content (AvgIpc) is 2.89. The van der Waals surface area contributed by atoms with Gasteiger partial charge in [-0.3, -0.25) is 9.78 Å². The molecule has 0 aliphatic rings. The van der Waals surface area contributed by atoms with E-state index < -0.39 is 9.84 Å². The zero-order valence-electron chi connectivity index (χ0n) is 18.7. The van der Waals surface area contributed by atoms with Crippen molar-refractivity contribution in [1.29, 1.82) is 0 Å². The number of benzene rings is 2. The van der Waals surface area contributed by atoms with Gasteiger partial charge in [0.25, 0.3) is 5.91 Å². The average molecular weight is 506 g/mol. The molecule has 1 amide bonds. The van der Waals surface area contributed by atoms with Gasteiger partial charge in [0.2, 0.25) is 5.88 Å². The van der Waals surface area contributed by atoms with E-state index in [-0.39, 0.29) is 18.2 Å². The lowest BCUT2D eigenvalue weighted by atomic mass is 10.2. The molecule has 2 heterocycles. The SMILES string of the molecule is O=C(NCc1ccc(Oc2ccccn2)cc1SCCS(=O)(=O)c1ccccc1)c1cccnc1. The number of amides is 1. The van der Waals surface area contributed by atoms with Gasteiger partial charge in [0.05, 0.1) is 16.2 Å². The molecule has 2 aromatic carbocycles. The molecule has 9 heteroatoms. The molecule has 0 fully saturated rings. The molecule has 0 atom stereocenters. The number of hydrogen-bond donors (Lipinski definition) is 1. The minimum absolute atomic E-state index is 0.0194. The summed E-state index contributed by atoms with van der Waals surface area (Å²) in [6.45, 7) is 0.269. The van der Waals surface area contributed by atoms with Crippen molar-refractivity contribution in [3.63, 3.8) is 0 Å². The first-order chi connectivity index (χ1) is 17.0. The van der Waals surface area contributed by atoms with E-state index in [9.17, 15) is 13.2 Å². The van der Waals surface area contributed by atoms with E-state index >= 15 is 0 Å². The van der Waals surface area contributed by atoms with E-state index in [4.69, 9.17) is 4.74 Å². The first-order valence-electron chi connectivity index (χ1n) is 10.8. The van der Waals surface area contributed by atoms with Crippen molar-refractivity contribution in [2.45, 2.75) is 16.3 Å². The summed E-state index contributed by atoms with van der Waals surface area (Å²) in [6, 6.07) is 22.7. The molecule has 0 spiro atoms. The molecule has 0 saturated heterocycles. The Kier molecular flexibility index (Phi) is 8.12. The number of pyridine rings is 2. The maximum atomic E-state index is 12.7. The van der Waals surface area contributed by atoms with Gasteiger partial charge in [0.1, 0.15) is 5.75 Å². The summed E-state index contributed by atoms with van der Waals surface area (Å²) in [7, 11) is -3.40. The van der Waals surface area contributed by atoms with E-state index in [2.05, 4.69) is 15.3 Å². The van der Waals surface area contributed by atoms with Crippen molar-refractivity contribution < 1.29 is 17.9 Å².